The van der Waals surface area contributed by atoms with Crippen molar-refractivity contribution in [2.75, 3.05) is 13.2 Å². The Hall–Kier alpha value is -1.58. The van der Waals surface area contributed by atoms with E-state index >= 15 is 0 Å². The van der Waals surface area contributed by atoms with Crippen molar-refractivity contribution in [2.45, 2.75) is 53.4 Å². The highest BCUT2D eigenvalue weighted by Gasteiger charge is 2.43. The van der Waals surface area contributed by atoms with Crippen LogP contribution in [0.2, 0.25) is 0 Å². The maximum Gasteiger partial charge on any atom is 0.314 e. The molecule has 0 radical (unpaired) electrons. The van der Waals surface area contributed by atoms with Gasteiger partial charge in [-0.05, 0) is 64.5 Å². The van der Waals surface area contributed by atoms with Crippen LogP contribution in [-0.2, 0) is 19.1 Å². The van der Waals surface area contributed by atoms with E-state index in [1.807, 2.05) is 13.8 Å². The third-order valence-electron chi connectivity index (χ3n) is 4.77. The van der Waals surface area contributed by atoms with Gasteiger partial charge in [-0.25, -0.2) is 0 Å². The third-order valence-corrected chi connectivity index (χ3v) is 4.77. The molecule has 0 heterocycles. The second kappa shape index (κ2) is 7.12. The minimum atomic E-state index is -0.532. The van der Waals surface area contributed by atoms with Gasteiger partial charge in [0.15, 0.2) is 0 Å². The summed E-state index contributed by atoms with van der Waals surface area (Å²) in [6, 6.07) is 0. The lowest BCUT2D eigenvalue weighted by Crippen LogP contribution is -2.38. The summed E-state index contributed by atoms with van der Waals surface area (Å²) in [6.45, 7) is 8.17. The highest BCUT2D eigenvalue weighted by atomic mass is 16.5. The molecule has 0 amide bonds. The molecule has 0 N–H and O–H groups in total. The Morgan fingerprint density at radius 3 is 1.55 bits per heavy atom. The van der Waals surface area contributed by atoms with Crippen molar-refractivity contribution in [3.05, 3.63) is 22.3 Å². The first-order valence-corrected chi connectivity index (χ1v) is 8.25. The molecule has 2 aliphatic carbocycles. The quantitative estimate of drug-likeness (QED) is 0.745. The molecule has 1 fully saturated rings. The predicted molar refractivity (Wildman–Crippen MR) is 84.1 cm³/mol. The summed E-state index contributed by atoms with van der Waals surface area (Å²) in [5.41, 5.74) is 4.53. The van der Waals surface area contributed by atoms with Gasteiger partial charge in [-0.2, -0.15) is 0 Å². The number of allylic oxidation sites excluding steroid dienone is 2. The molecule has 2 unspecified atom stereocenters. The Kier molecular flexibility index (Phi) is 5.43. The van der Waals surface area contributed by atoms with E-state index < -0.39 is 11.8 Å². The lowest BCUT2D eigenvalue weighted by molar-refractivity contribution is -0.157. The summed E-state index contributed by atoms with van der Waals surface area (Å²) in [5.74, 6) is -1.68. The van der Waals surface area contributed by atoms with Gasteiger partial charge in [0.25, 0.3) is 0 Å². The fourth-order valence-electron chi connectivity index (χ4n) is 3.74. The normalized spacial score (nSPS) is 24.9. The maximum absolute atomic E-state index is 12.5. The van der Waals surface area contributed by atoms with Gasteiger partial charge in [-0.1, -0.05) is 11.1 Å². The zero-order valence-electron chi connectivity index (χ0n) is 14.0. The average molecular weight is 306 g/mol. The van der Waals surface area contributed by atoms with Crippen LogP contribution in [-0.4, -0.2) is 25.2 Å². The molecule has 0 aromatic rings. The third kappa shape index (κ3) is 2.96. The monoisotopic (exact) mass is 306 g/mol. The van der Waals surface area contributed by atoms with Crippen molar-refractivity contribution in [3.63, 3.8) is 0 Å². The molecule has 0 aromatic carbocycles. The van der Waals surface area contributed by atoms with E-state index in [4.69, 9.17) is 9.47 Å². The van der Waals surface area contributed by atoms with E-state index in [2.05, 4.69) is 0 Å². The van der Waals surface area contributed by atoms with Gasteiger partial charge >= 0.3 is 11.9 Å². The Balaban J connectivity index is 2.47. The van der Waals surface area contributed by atoms with Gasteiger partial charge in [-0.3, -0.25) is 9.59 Å². The number of esters is 2. The number of hydrogen-bond acceptors (Lipinski definition) is 4. The number of carbonyl (C=O) groups excluding carboxylic acids is 2. The highest BCUT2D eigenvalue weighted by molar-refractivity contribution is 5.88. The average Bonchev–Trinajstić information content (AvgIpc) is 2.51. The van der Waals surface area contributed by atoms with Crippen LogP contribution >= 0.6 is 0 Å². The largest absolute Gasteiger partial charge is 0.466 e. The lowest BCUT2D eigenvalue weighted by atomic mass is 9.68. The van der Waals surface area contributed by atoms with Crippen LogP contribution in [0.4, 0.5) is 0 Å². The Morgan fingerprint density at radius 1 is 0.864 bits per heavy atom. The second-order valence-corrected chi connectivity index (χ2v) is 5.99. The van der Waals surface area contributed by atoms with Crippen LogP contribution in [0.25, 0.3) is 0 Å². The first-order valence-electron chi connectivity index (χ1n) is 8.25. The Labute approximate surface area is 132 Å². The summed E-state index contributed by atoms with van der Waals surface area (Å²) >= 11 is 0. The van der Waals surface area contributed by atoms with Crippen LogP contribution in [0.15, 0.2) is 22.3 Å². The fourth-order valence-corrected chi connectivity index (χ4v) is 3.74. The van der Waals surface area contributed by atoms with Gasteiger partial charge < -0.3 is 9.47 Å². The predicted octanol–water partition coefficient (Wildman–Crippen LogP) is 3.57. The van der Waals surface area contributed by atoms with Crippen molar-refractivity contribution in [2.24, 2.45) is 11.8 Å². The second-order valence-electron chi connectivity index (χ2n) is 5.99. The summed E-state index contributed by atoms with van der Waals surface area (Å²) in [5, 5.41) is 0. The first kappa shape index (κ1) is 16.8. The fraction of sp³-hybridized carbons (Fsp3) is 0.667. The number of rotatable bonds is 4. The highest BCUT2D eigenvalue weighted by Crippen LogP contribution is 2.45. The Bertz CT molecular complexity index is 479. The van der Waals surface area contributed by atoms with Crippen LogP contribution < -0.4 is 0 Å². The summed E-state index contributed by atoms with van der Waals surface area (Å²) in [7, 11) is 0. The summed E-state index contributed by atoms with van der Waals surface area (Å²) in [4.78, 5) is 24.9. The van der Waals surface area contributed by atoms with Gasteiger partial charge in [0.1, 0.15) is 0 Å². The zero-order chi connectivity index (χ0) is 16.3. The van der Waals surface area contributed by atoms with Gasteiger partial charge in [0.2, 0.25) is 0 Å². The topological polar surface area (TPSA) is 52.6 Å². The van der Waals surface area contributed by atoms with Gasteiger partial charge in [0, 0.05) is 0 Å². The van der Waals surface area contributed by atoms with Crippen molar-refractivity contribution < 1.29 is 19.1 Å². The van der Waals surface area contributed by atoms with Crippen LogP contribution in [0.5, 0.6) is 0 Å². The lowest BCUT2D eigenvalue weighted by Gasteiger charge is -2.36. The molecule has 2 rings (SSSR count). The molecule has 0 aliphatic heterocycles. The van der Waals surface area contributed by atoms with E-state index in [-0.39, 0.29) is 11.9 Å². The molecule has 2 aliphatic rings. The van der Waals surface area contributed by atoms with Crippen molar-refractivity contribution >= 4 is 11.9 Å². The SMILES string of the molecule is CCOC(=O)C1C(C)=C2CCCCC2=C(C)C1C(=O)OCC. The standard InChI is InChI=1S/C18H26O4/c1-5-21-17(19)15-11(3)13-9-7-8-10-14(13)12(4)16(15)18(20)22-6-2/h15-16H,5-10H2,1-4H3. The number of fused-ring (bicyclic) bond motifs is 1. The van der Waals surface area contributed by atoms with Gasteiger partial charge in [-0.15, -0.1) is 0 Å². The molecule has 0 bridgehead atoms. The zero-order valence-corrected chi connectivity index (χ0v) is 14.0. The molecule has 22 heavy (non-hydrogen) atoms. The molecule has 1 saturated carbocycles. The minimum absolute atomic E-state index is 0.311. The molecule has 0 saturated heterocycles. The van der Waals surface area contributed by atoms with Gasteiger partial charge in [0.05, 0.1) is 25.0 Å². The smallest absolute Gasteiger partial charge is 0.314 e. The molecule has 4 heteroatoms. The molecule has 0 spiro atoms. The number of carbonyl (C=O) groups is 2. The minimum Gasteiger partial charge on any atom is -0.466 e. The Morgan fingerprint density at radius 2 is 1.23 bits per heavy atom. The molecule has 4 nitrogen and oxygen atoms in total. The molecular weight excluding hydrogens is 280 g/mol. The van der Waals surface area contributed by atoms with E-state index in [0.29, 0.717) is 13.2 Å². The van der Waals surface area contributed by atoms with E-state index in [9.17, 15) is 9.59 Å². The summed E-state index contributed by atoms with van der Waals surface area (Å²) < 4.78 is 10.5. The van der Waals surface area contributed by atoms with Crippen LogP contribution in [0.3, 0.4) is 0 Å². The van der Waals surface area contributed by atoms with Crippen LogP contribution in [0, 0.1) is 11.8 Å². The molecule has 0 aromatic heterocycles. The molecular formula is C18H26O4. The maximum atomic E-state index is 12.5. The van der Waals surface area contributed by atoms with E-state index in [1.54, 1.807) is 13.8 Å². The van der Waals surface area contributed by atoms with Crippen molar-refractivity contribution in [3.8, 4) is 0 Å². The van der Waals surface area contributed by atoms with E-state index in [0.717, 1.165) is 36.8 Å². The number of hydrogen-bond donors (Lipinski definition) is 0. The van der Waals surface area contributed by atoms with E-state index in [1.165, 1.54) is 11.1 Å². The van der Waals surface area contributed by atoms with Crippen LogP contribution in [0.1, 0.15) is 53.4 Å². The molecule has 122 valence electrons. The first-order chi connectivity index (χ1) is 10.5. The summed E-state index contributed by atoms with van der Waals surface area (Å²) in [6.07, 6.45) is 4.26. The van der Waals surface area contributed by atoms with Crippen molar-refractivity contribution in [1.82, 2.24) is 0 Å². The number of ether oxygens (including phenoxy) is 2. The molecule has 2 atom stereocenters. The van der Waals surface area contributed by atoms with Crippen molar-refractivity contribution in [1.29, 1.82) is 0 Å².